The van der Waals surface area contributed by atoms with Gasteiger partial charge in [-0.1, -0.05) is 18.2 Å². The number of rotatable bonds is 6. The molecule has 0 saturated carbocycles. The Kier molecular flexibility index (Phi) is 7.43. The molecule has 1 aromatic carbocycles. The predicted molar refractivity (Wildman–Crippen MR) is 116 cm³/mol. The highest BCUT2D eigenvalue weighted by atomic mass is 127. The minimum absolute atomic E-state index is 0. The number of hydrogen-bond donors (Lipinski definition) is 3. The van der Waals surface area contributed by atoms with Crippen molar-refractivity contribution in [2.75, 3.05) is 13.1 Å². The molecule has 0 bridgehead atoms. The molecular weight excluding hydrogens is 441 g/mol. The number of aryl methyl sites for hydroxylation is 2. The summed E-state index contributed by atoms with van der Waals surface area (Å²) in [5.74, 6) is 1.63. The van der Waals surface area contributed by atoms with Gasteiger partial charge in [0, 0.05) is 36.7 Å². The van der Waals surface area contributed by atoms with Crippen molar-refractivity contribution in [2.45, 2.75) is 26.8 Å². The van der Waals surface area contributed by atoms with Crippen LogP contribution in [0.2, 0.25) is 0 Å². The number of fused-ring (bicyclic) bond motifs is 1. The van der Waals surface area contributed by atoms with Gasteiger partial charge in [0.15, 0.2) is 5.96 Å². The number of hydrogen-bond acceptors (Lipinski definition) is 3. The first-order valence-electron chi connectivity index (χ1n) is 8.60. The van der Waals surface area contributed by atoms with E-state index in [1.54, 1.807) is 11.0 Å². The number of guanidine groups is 1. The van der Waals surface area contributed by atoms with Crippen molar-refractivity contribution in [2.24, 2.45) is 12.0 Å². The Morgan fingerprint density at radius 3 is 2.81 bits per heavy atom. The highest BCUT2D eigenvalue weighted by Gasteiger charge is 2.08. The normalized spacial score (nSPS) is 11.4. The van der Waals surface area contributed by atoms with Crippen molar-refractivity contribution in [1.82, 2.24) is 30.4 Å². The molecule has 0 atom stereocenters. The van der Waals surface area contributed by atoms with Gasteiger partial charge in [-0.05, 0) is 31.9 Å². The van der Waals surface area contributed by atoms with E-state index in [4.69, 9.17) is 0 Å². The number of para-hydroxylation sites is 1. The van der Waals surface area contributed by atoms with E-state index in [0.717, 1.165) is 31.3 Å². The minimum Gasteiger partial charge on any atom is -0.358 e. The average Bonchev–Trinajstić information content (AvgIpc) is 3.15. The van der Waals surface area contributed by atoms with Gasteiger partial charge in [0.25, 0.3) is 0 Å². The van der Waals surface area contributed by atoms with Crippen molar-refractivity contribution in [3.05, 3.63) is 47.7 Å². The number of H-pyrrole nitrogens is 1. The van der Waals surface area contributed by atoms with Crippen LogP contribution in [0, 0.1) is 6.92 Å². The summed E-state index contributed by atoms with van der Waals surface area (Å²) in [7, 11) is 1.87. The van der Waals surface area contributed by atoms with E-state index >= 15 is 0 Å². The highest BCUT2D eigenvalue weighted by molar-refractivity contribution is 14.0. The maximum atomic E-state index is 4.58. The third-order valence-electron chi connectivity index (χ3n) is 4.22. The zero-order valence-corrected chi connectivity index (χ0v) is 17.7. The maximum absolute atomic E-state index is 4.58. The molecule has 3 N–H and O–H groups in total. The van der Waals surface area contributed by atoms with Crippen molar-refractivity contribution in [3.63, 3.8) is 0 Å². The molecule has 0 fully saturated rings. The van der Waals surface area contributed by atoms with Crippen LogP contribution in [0.15, 0.2) is 35.6 Å². The second-order valence-electron chi connectivity index (χ2n) is 5.95. The zero-order chi connectivity index (χ0) is 17.6. The van der Waals surface area contributed by atoms with Crippen molar-refractivity contribution in [3.8, 4) is 0 Å². The first-order chi connectivity index (χ1) is 12.2. The van der Waals surface area contributed by atoms with Gasteiger partial charge in [-0.3, -0.25) is 4.68 Å². The third kappa shape index (κ3) is 4.75. The van der Waals surface area contributed by atoms with E-state index in [1.807, 2.05) is 7.05 Å². The molecule has 0 aliphatic carbocycles. The first kappa shape index (κ1) is 20.2. The number of aliphatic imine (C=N–C) groups is 1. The van der Waals surface area contributed by atoms with Crippen LogP contribution in [0.4, 0.5) is 0 Å². The van der Waals surface area contributed by atoms with E-state index < -0.39 is 0 Å². The van der Waals surface area contributed by atoms with Crippen LogP contribution in [0.5, 0.6) is 0 Å². The quantitative estimate of drug-likeness (QED) is 0.296. The topological polar surface area (TPSA) is 82.9 Å². The lowest BCUT2D eigenvalue weighted by Crippen LogP contribution is -2.38. The van der Waals surface area contributed by atoms with Gasteiger partial charge in [0.1, 0.15) is 18.7 Å². The molecule has 26 heavy (non-hydrogen) atoms. The van der Waals surface area contributed by atoms with E-state index in [0.29, 0.717) is 6.54 Å². The van der Waals surface area contributed by atoms with Gasteiger partial charge in [-0.25, -0.2) is 9.98 Å². The summed E-state index contributed by atoms with van der Waals surface area (Å²) in [5.41, 5.74) is 3.77. The molecule has 0 aliphatic rings. The minimum atomic E-state index is 0. The van der Waals surface area contributed by atoms with Gasteiger partial charge >= 0.3 is 0 Å². The zero-order valence-electron chi connectivity index (χ0n) is 15.4. The Balaban J connectivity index is 0.00000243. The summed E-state index contributed by atoms with van der Waals surface area (Å²) >= 11 is 0. The lowest BCUT2D eigenvalue weighted by atomic mass is 10.1. The Hall–Kier alpha value is -2.10. The van der Waals surface area contributed by atoms with Gasteiger partial charge in [0.2, 0.25) is 0 Å². The molecule has 0 amide bonds. The lowest BCUT2D eigenvalue weighted by Gasteiger charge is -2.11. The molecular formula is C18H26IN7. The van der Waals surface area contributed by atoms with Crippen molar-refractivity contribution in [1.29, 1.82) is 0 Å². The molecule has 8 heteroatoms. The van der Waals surface area contributed by atoms with E-state index in [1.165, 1.54) is 22.2 Å². The van der Waals surface area contributed by atoms with Crippen LogP contribution in [-0.4, -0.2) is 38.8 Å². The van der Waals surface area contributed by atoms with Crippen molar-refractivity contribution < 1.29 is 0 Å². The predicted octanol–water partition coefficient (Wildman–Crippen LogP) is 2.52. The summed E-state index contributed by atoms with van der Waals surface area (Å²) in [4.78, 5) is 12.2. The Labute approximate surface area is 170 Å². The Bertz CT molecular complexity index is 865. The summed E-state index contributed by atoms with van der Waals surface area (Å²) in [6.45, 7) is 6.31. The van der Waals surface area contributed by atoms with E-state index in [2.05, 4.69) is 68.8 Å². The lowest BCUT2D eigenvalue weighted by molar-refractivity contribution is 0.697. The first-order valence-corrected chi connectivity index (χ1v) is 8.60. The second-order valence-corrected chi connectivity index (χ2v) is 5.95. The molecule has 0 aliphatic heterocycles. The number of benzene rings is 1. The second kappa shape index (κ2) is 9.56. The average molecular weight is 467 g/mol. The molecule has 0 spiro atoms. The van der Waals surface area contributed by atoms with Crippen LogP contribution in [0.1, 0.15) is 24.0 Å². The van der Waals surface area contributed by atoms with Gasteiger partial charge in [-0.2, -0.15) is 5.10 Å². The monoisotopic (exact) mass is 467 g/mol. The number of nitrogens with one attached hydrogen (secondary N) is 3. The number of nitrogens with zero attached hydrogens (tertiary/aromatic N) is 4. The number of halogens is 1. The third-order valence-corrected chi connectivity index (χ3v) is 4.22. The van der Waals surface area contributed by atoms with Gasteiger partial charge < -0.3 is 15.6 Å². The largest absolute Gasteiger partial charge is 0.358 e. The molecule has 0 unspecified atom stereocenters. The van der Waals surface area contributed by atoms with E-state index in [9.17, 15) is 0 Å². The summed E-state index contributed by atoms with van der Waals surface area (Å²) < 4.78 is 1.74. The van der Waals surface area contributed by atoms with Gasteiger partial charge in [-0.15, -0.1) is 24.0 Å². The van der Waals surface area contributed by atoms with E-state index in [-0.39, 0.29) is 24.0 Å². The van der Waals surface area contributed by atoms with Crippen LogP contribution in [0.25, 0.3) is 10.9 Å². The molecule has 0 radical (unpaired) electrons. The Morgan fingerprint density at radius 2 is 2.08 bits per heavy atom. The molecule has 2 heterocycles. The van der Waals surface area contributed by atoms with Crippen LogP contribution in [-0.2, 0) is 20.0 Å². The molecule has 3 rings (SSSR count). The summed E-state index contributed by atoms with van der Waals surface area (Å²) in [6.07, 6.45) is 2.48. The number of aromatic amines is 1. The summed E-state index contributed by atoms with van der Waals surface area (Å²) in [6, 6.07) is 8.43. The van der Waals surface area contributed by atoms with Crippen LogP contribution >= 0.6 is 24.0 Å². The van der Waals surface area contributed by atoms with Crippen LogP contribution in [0.3, 0.4) is 0 Å². The van der Waals surface area contributed by atoms with Crippen molar-refractivity contribution >= 4 is 40.8 Å². The van der Waals surface area contributed by atoms with Crippen LogP contribution < -0.4 is 10.6 Å². The highest BCUT2D eigenvalue weighted by Crippen LogP contribution is 2.21. The fourth-order valence-corrected chi connectivity index (χ4v) is 2.92. The molecule has 0 saturated heterocycles. The Morgan fingerprint density at radius 1 is 1.27 bits per heavy atom. The summed E-state index contributed by atoms with van der Waals surface area (Å²) in [5, 5.41) is 12.0. The molecule has 2 aromatic heterocycles. The smallest absolute Gasteiger partial charge is 0.191 e. The number of aromatic nitrogens is 4. The maximum Gasteiger partial charge on any atom is 0.191 e. The molecule has 3 aromatic rings. The fraction of sp³-hybridized carbons (Fsp3) is 0.389. The fourth-order valence-electron chi connectivity index (χ4n) is 2.92. The molecule has 7 nitrogen and oxygen atoms in total. The standard InChI is InChI=1S/C18H25N7.HI/c1-4-19-18(21-11-17-22-12-23-25(17)3)20-10-9-14-13(2)24-16-8-6-5-7-15(14)16;/h5-8,12,24H,4,9-11H2,1-3H3,(H2,19,20,21);1H. The molecule has 140 valence electrons. The van der Waals surface area contributed by atoms with Gasteiger partial charge in [0.05, 0.1) is 0 Å². The SMILES string of the molecule is CCNC(=NCc1ncnn1C)NCCc1c(C)[nH]c2ccccc12.I.